The number of carboxylic acids is 1. The average molecular weight is 256 g/mol. The fraction of sp³-hybridized carbons (Fsp3) is 0.833. The Bertz CT molecular complexity index is 347. The van der Waals surface area contributed by atoms with E-state index in [-0.39, 0.29) is 18.1 Å². The van der Waals surface area contributed by atoms with Gasteiger partial charge in [-0.15, -0.1) is 0 Å². The normalized spacial score (nSPS) is 32.7. The second-order valence-corrected chi connectivity index (χ2v) is 5.25. The molecule has 0 aromatic heterocycles. The maximum atomic E-state index is 12.3. The van der Waals surface area contributed by atoms with Crippen molar-refractivity contribution >= 4 is 12.0 Å². The number of aliphatic hydroxyl groups is 1. The van der Waals surface area contributed by atoms with Gasteiger partial charge in [0, 0.05) is 19.6 Å². The van der Waals surface area contributed by atoms with Gasteiger partial charge < -0.3 is 20.0 Å². The van der Waals surface area contributed by atoms with E-state index in [4.69, 9.17) is 5.11 Å². The zero-order valence-electron chi connectivity index (χ0n) is 10.6. The van der Waals surface area contributed by atoms with Crippen LogP contribution in [0.3, 0.4) is 0 Å². The molecule has 2 N–H and O–H groups in total. The number of urea groups is 1. The lowest BCUT2D eigenvalue weighted by Gasteiger charge is -2.37. The van der Waals surface area contributed by atoms with Gasteiger partial charge in [0.25, 0.3) is 0 Å². The summed E-state index contributed by atoms with van der Waals surface area (Å²) in [5, 5.41) is 18.7. The highest BCUT2D eigenvalue weighted by Gasteiger charge is 2.38. The number of carboxylic acid groups (broad SMARTS) is 1. The van der Waals surface area contributed by atoms with E-state index in [1.165, 1.54) is 4.90 Å². The van der Waals surface area contributed by atoms with Crippen molar-refractivity contribution < 1.29 is 19.8 Å². The first-order valence-electron chi connectivity index (χ1n) is 6.47. The lowest BCUT2D eigenvalue weighted by atomic mass is 9.97. The number of piperidine rings is 1. The lowest BCUT2D eigenvalue weighted by molar-refractivity contribution is -0.141. The number of aliphatic carboxylic acids is 1. The summed E-state index contributed by atoms with van der Waals surface area (Å²) >= 11 is 0. The van der Waals surface area contributed by atoms with Gasteiger partial charge in [-0.2, -0.15) is 0 Å². The van der Waals surface area contributed by atoms with Crippen LogP contribution in [0.4, 0.5) is 4.79 Å². The van der Waals surface area contributed by atoms with Crippen LogP contribution in [0.25, 0.3) is 0 Å². The molecule has 0 aromatic carbocycles. The molecule has 102 valence electrons. The largest absolute Gasteiger partial charge is 0.480 e. The molecule has 2 saturated heterocycles. The molecule has 0 radical (unpaired) electrons. The van der Waals surface area contributed by atoms with Crippen LogP contribution in [-0.4, -0.2) is 63.8 Å². The molecule has 2 unspecified atom stereocenters. The minimum atomic E-state index is -0.925. The molecule has 18 heavy (non-hydrogen) atoms. The maximum absolute atomic E-state index is 12.3. The molecular weight excluding hydrogens is 236 g/mol. The third kappa shape index (κ3) is 2.43. The van der Waals surface area contributed by atoms with E-state index < -0.39 is 12.0 Å². The van der Waals surface area contributed by atoms with Crippen LogP contribution in [-0.2, 0) is 4.79 Å². The monoisotopic (exact) mass is 256 g/mol. The zero-order valence-corrected chi connectivity index (χ0v) is 10.6. The second kappa shape index (κ2) is 5.14. The Kier molecular flexibility index (Phi) is 3.75. The van der Waals surface area contributed by atoms with Crippen LogP contribution in [0, 0.1) is 5.92 Å². The fourth-order valence-electron chi connectivity index (χ4n) is 2.74. The van der Waals surface area contributed by atoms with Crippen molar-refractivity contribution in [2.75, 3.05) is 19.6 Å². The van der Waals surface area contributed by atoms with Gasteiger partial charge in [-0.1, -0.05) is 6.92 Å². The van der Waals surface area contributed by atoms with Crippen molar-refractivity contribution in [2.45, 2.75) is 38.3 Å². The predicted molar refractivity (Wildman–Crippen MR) is 64.1 cm³/mol. The molecule has 2 aliphatic rings. The summed E-state index contributed by atoms with van der Waals surface area (Å²) in [7, 11) is 0. The van der Waals surface area contributed by atoms with E-state index in [1.807, 2.05) is 6.92 Å². The number of rotatable bonds is 1. The number of amides is 2. The van der Waals surface area contributed by atoms with E-state index in [1.54, 1.807) is 4.90 Å². The number of likely N-dealkylation sites (tertiary alicyclic amines) is 2. The van der Waals surface area contributed by atoms with Gasteiger partial charge in [-0.05, 0) is 25.2 Å². The molecule has 2 fully saturated rings. The Morgan fingerprint density at radius 1 is 1.22 bits per heavy atom. The zero-order chi connectivity index (χ0) is 13.3. The topological polar surface area (TPSA) is 81.1 Å². The first-order valence-corrected chi connectivity index (χ1v) is 6.47. The summed E-state index contributed by atoms with van der Waals surface area (Å²) < 4.78 is 0. The highest BCUT2D eigenvalue weighted by Crippen LogP contribution is 2.23. The van der Waals surface area contributed by atoms with Gasteiger partial charge in [0.15, 0.2) is 0 Å². The molecular formula is C12H20N2O4. The van der Waals surface area contributed by atoms with E-state index >= 15 is 0 Å². The number of nitrogens with zero attached hydrogens (tertiary/aromatic N) is 2. The van der Waals surface area contributed by atoms with Gasteiger partial charge in [0.2, 0.25) is 0 Å². The second-order valence-electron chi connectivity index (χ2n) is 5.25. The number of aliphatic hydroxyl groups excluding tert-OH is 1. The average Bonchev–Trinajstić information content (AvgIpc) is 2.81. The lowest BCUT2D eigenvalue weighted by Crippen LogP contribution is -2.52. The minimum Gasteiger partial charge on any atom is -0.480 e. The van der Waals surface area contributed by atoms with Crippen LogP contribution in [0.15, 0.2) is 0 Å². The third-order valence-electron chi connectivity index (χ3n) is 3.91. The van der Waals surface area contributed by atoms with Gasteiger partial charge >= 0.3 is 12.0 Å². The number of carbonyl (C=O) groups excluding carboxylic acids is 1. The molecule has 0 aromatic rings. The Morgan fingerprint density at radius 2 is 1.94 bits per heavy atom. The Morgan fingerprint density at radius 3 is 2.56 bits per heavy atom. The smallest absolute Gasteiger partial charge is 0.326 e. The van der Waals surface area contributed by atoms with E-state index in [0.29, 0.717) is 32.5 Å². The molecule has 6 heteroatoms. The van der Waals surface area contributed by atoms with E-state index in [2.05, 4.69) is 0 Å². The fourth-order valence-corrected chi connectivity index (χ4v) is 2.74. The first kappa shape index (κ1) is 13.1. The molecule has 0 saturated carbocycles. The van der Waals surface area contributed by atoms with Crippen molar-refractivity contribution in [3.63, 3.8) is 0 Å². The third-order valence-corrected chi connectivity index (χ3v) is 3.91. The Hall–Kier alpha value is -1.30. The van der Waals surface area contributed by atoms with Crippen LogP contribution < -0.4 is 0 Å². The van der Waals surface area contributed by atoms with Gasteiger partial charge in [0.05, 0.1) is 6.10 Å². The Labute approximate surface area is 106 Å². The molecule has 2 amide bonds. The number of hydrogen-bond acceptors (Lipinski definition) is 3. The highest BCUT2D eigenvalue weighted by molar-refractivity contribution is 5.83. The standard InChI is InChI=1S/C12H20N2O4/c1-8-7-13(6-4-10(8)15)12(18)14-5-2-3-9(14)11(16)17/h8-10,15H,2-7H2,1H3,(H,16,17)/t8?,9-,10?/m0/s1. The van der Waals surface area contributed by atoms with Gasteiger partial charge in [-0.3, -0.25) is 0 Å². The maximum Gasteiger partial charge on any atom is 0.326 e. The van der Waals surface area contributed by atoms with Crippen LogP contribution in [0.1, 0.15) is 26.2 Å². The molecule has 0 aliphatic carbocycles. The van der Waals surface area contributed by atoms with Crippen molar-refractivity contribution in [1.82, 2.24) is 9.80 Å². The SMILES string of the molecule is CC1CN(C(=O)N2CCC[C@H]2C(=O)O)CCC1O. The van der Waals surface area contributed by atoms with Crippen molar-refractivity contribution in [3.05, 3.63) is 0 Å². The van der Waals surface area contributed by atoms with Crippen molar-refractivity contribution in [3.8, 4) is 0 Å². The van der Waals surface area contributed by atoms with Crippen LogP contribution in [0.5, 0.6) is 0 Å². The molecule has 0 spiro atoms. The van der Waals surface area contributed by atoms with E-state index in [9.17, 15) is 14.7 Å². The van der Waals surface area contributed by atoms with Gasteiger partial charge in [0.1, 0.15) is 6.04 Å². The number of hydrogen-bond donors (Lipinski definition) is 2. The quantitative estimate of drug-likeness (QED) is 0.709. The molecule has 2 heterocycles. The highest BCUT2D eigenvalue weighted by atomic mass is 16.4. The molecule has 2 rings (SSSR count). The predicted octanol–water partition coefficient (Wildman–Crippen LogP) is 0.358. The van der Waals surface area contributed by atoms with Gasteiger partial charge in [-0.25, -0.2) is 9.59 Å². The summed E-state index contributed by atoms with van der Waals surface area (Å²) in [5.74, 6) is -0.875. The molecule has 2 aliphatic heterocycles. The molecule has 0 bridgehead atoms. The van der Waals surface area contributed by atoms with Crippen LogP contribution >= 0.6 is 0 Å². The summed E-state index contributed by atoms with van der Waals surface area (Å²) in [4.78, 5) is 26.5. The summed E-state index contributed by atoms with van der Waals surface area (Å²) in [6.07, 6.45) is 1.49. The molecule has 3 atom stereocenters. The summed E-state index contributed by atoms with van der Waals surface area (Å²) in [5.41, 5.74) is 0. The van der Waals surface area contributed by atoms with Crippen LogP contribution in [0.2, 0.25) is 0 Å². The summed E-state index contributed by atoms with van der Waals surface area (Å²) in [6.45, 7) is 3.43. The first-order chi connectivity index (χ1) is 8.50. The number of carbonyl (C=O) groups is 2. The molecule has 6 nitrogen and oxygen atoms in total. The van der Waals surface area contributed by atoms with Crippen molar-refractivity contribution in [2.24, 2.45) is 5.92 Å². The summed E-state index contributed by atoms with van der Waals surface area (Å²) in [6, 6.07) is -0.877. The Balaban J connectivity index is 2.01. The minimum absolute atomic E-state index is 0.0496. The van der Waals surface area contributed by atoms with E-state index in [0.717, 1.165) is 6.42 Å². The van der Waals surface area contributed by atoms with Crippen molar-refractivity contribution in [1.29, 1.82) is 0 Å².